The molecule has 0 amide bonds. The van der Waals surface area contributed by atoms with Gasteiger partial charge in [0.2, 0.25) is 5.82 Å². The number of halogens is 3. The van der Waals surface area contributed by atoms with E-state index in [1.807, 2.05) is 24.3 Å². The smallest absolute Gasteiger partial charge is 0.345 e. The molecule has 152 valence electrons. The highest BCUT2D eigenvalue weighted by molar-refractivity contribution is 7.08. The highest BCUT2D eigenvalue weighted by Gasteiger charge is 2.36. The van der Waals surface area contributed by atoms with E-state index >= 15 is 0 Å². The van der Waals surface area contributed by atoms with E-state index in [1.165, 1.54) is 11.3 Å². The summed E-state index contributed by atoms with van der Waals surface area (Å²) in [5.41, 5.74) is 2.25. The summed E-state index contributed by atoms with van der Waals surface area (Å²) in [5.74, 6) is -1.01. The van der Waals surface area contributed by atoms with Crippen LogP contribution >= 0.6 is 11.3 Å². The van der Waals surface area contributed by atoms with Gasteiger partial charge in [0.15, 0.2) is 0 Å². The maximum atomic E-state index is 13.5. The summed E-state index contributed by atoms with van der Waals surface area (Å²) in [4.78, 5) is 17.9. The van der Waals surface area contributed by atoms with Crippen molar-refractivity contribution in [2.75, 3.05) is 4.90 Å². The average molecular weight is 427 g/mol. The van der Waals surface area contributed by atoms with Crippen molar-refractivity contribution in [1.82, 2.24) is 19.9 Å². The van der Waals surface area contributed by atoms with Crippen LogP contribution in [0.15, 0.2) is 71.7 Å². The number of anilines is 1. The van der Waals surface area contributed by atoms with Gasteiger partial charge in [-0.1, -0.05) is 12.1 Å². The fourth-order valence-corrected chi connectivity index (χ4v) is 3.52. The Labute approximate surface area is 174 Å². The third-order valence-electron chi connectivity index (χ3n) is 4.27. The molecule has 0 bridgehead atoms. The Morgan fingerprint density at radius 2 is 1.53 bits per heavy atom. The molecule has 4 aromatic rings. The zero-order valence-corrected chi connectivity index (χ0v) is 16.4. The van der Waals surface area contributed by atoms with Crippen molar-refractivity contribution in [3.63, 3.8) is 0 Å². The number of nitrogens with zero attached hydrogens (tertiary/aromatic N) is 5. The van der Waals surface area contributed by atoms with Gasteiger partial charge in [-0.25, -0.2) is 9.97 Å². The summed E-state index contributed by atoms with van der Waals surface area (Å²) < 4.78 is 40.6. The monoisotopic (exact) mass is 427 g/mol. The van der Waals surface area contributed by atoms with E-state index in [1.54, 1.807) is 52.3 Å². The predicted molar refractivity (Wildman–Crippen MR) is 109 cm³/mol. The molecule has 0 atom stereocenters. The van der Waals surface area contributed by atoms with Crippen molar-refractivity contribution < 1.29 is 13.2 Å². The average Bonchev–Trinajstić information content (AvgIpc) is 3.29. The van der Waals surface area contributed by atoms with E-state index in [4.69, 9.17) is 0 Å². The quantitative estimate of drug-likeness (QED) is 0.422. The van der Waals surface area contributed by atoms with E-state index in [2.05, 4.69) is 19.9 Å². The van der Waals surface area contributed by atoms with Gasteiger partial charge in [0.25, 0.3) is 0 Å². The van der Waals surface area contributed by atoms with Crippen LogP contribution in [0.2, 0.25) is 0 Å². The zero-order chi connectivity index (χ0) is 21.0. The van der Waals surface area contributed by atoms with E-state index in [0.717, 1.165) is 0 Å². The maximum absolute atomic E-state index is 13.5. The largest absolute Gasteiger partial charge is 0.451 e. The van der Waals surface area contributed by atoms with Crippen LogP contribution < -0.4 is 4.90 Å². The molecule has 4 aromatic heterocycles. The lowest BCUT2D eigenvalue weighted by atomic mass is 10.2. The molecule has 30 heavy (non-hydrogen) atoms. The molecule has 5 nitrogen and oxygen atoms in total. The number of hydrogen-bond donors (Lipinski definition) is 0. The van der Waals surface area contributed by atoms with Gasteiger partial charge < -0.3 is 4.90 Å². The Bertz CT molecular complexity index is 1050. The minimum atomic E-state index is -4.66. The molecular weight excluding hydrogens is 411 g/mol. The summed E-state index contributed by atoms with van der Waals surface area (Å²) in [6.45, 7) is 0.545. The minimum absolute atomic E-state index is 0.162. The first-order valence-corrected chi connectivity index (χ1v) is 9.97. The lowest BCUT2D eigenvalue weighted by molar-refractivity contribution is -0.144. The van der Waals surface area contributed by atoms with E-state index in [0.29, 0.717) is 17.0 Å². The summed E-state index contributed by atoms with van der Waals surface area (Å²) in [6.07, 6.45) is -1.37. The van der Waals surface area contributed by atoms with Crippen molar-refractivity contribution in [3.8, 4) is 11.3 Å². The van der Waals surface area contributed by atoms with E-state index in [-0.39, 0.29) is 24.6 Å². The molecular formula is C21H16F3N5S. The van der Waals surface area contributed by atoms with Crippen molar-refractivity contribution in [2.24, 2.45) is 0 Å². The summed E-state index contributed by atoms with van der Waals surface area (Å²) in [6, 6.07) is 14.2. The van der Waals surface area contributed by atoms with Crippen LogP contribution in [0.25, 0.3) is 11.3 Å². The topological polar surface area (TPSA) is 54.8 Å². The van der Waals surface area contributed by atoms with Crippen LogP contribution in [0.4, 0.5) is 19.0 Å². The normalized spacial score (nSPS) is 11.4. The third kappa shape index (κ3) is 4.80. The van der Waals surface area contributed by atoms with Crippen LogP contribution in [-0.2, 0) is 19.3 Å². The number of alkyl halides is 3. The predicted octanol–water partition coefficient (Wildman–Crippen LogP) is 5.22. The SMILES string of the molecule is FC(F)(F)c1nc(-c2ccsc2)cc(N(Cc2ccccn2)Cc2ccccn2)n1. The fourth-order valence-electron chi connectivity index (χ4n) is 2.87. The maximum Gasteiger partial charge on any atom is 0.451 e. The first-order valence-electron chi connectivity index (χ1n) is 9.02. The number of aromatic nitrogens is 4. The lowest BCUT2D eigenvalue weighted by Crippen LogP contribution is -2.26. The van der Waals surface area contributed by atoms with Crippen molar-refractivity contribution in [3.05, 3.63) is 88.9 Å². The molecule has 4 heterocycles. The first kappa shape index (κ1) is 20.0. The second-order valence-corrected chi connectivity index (χ2v) is 7.22. The number of thiophene rings is 1. The number of pyridine rings is 2. The van der Waals surface area contributed by atoms with Crippen molar-refractivity contribution in [2.45, 2.75) is 19.3 Å². The Kier molecular flexibility index (Phi) is 5.71. The highest BCUT2D eigenvalue weighted by Crippen LogP contribution is 2.32. The Balaban J connectivity index is 1.79. The lowest BCUT2D eigenvalue weighted by Gasteiger charge is -2.24. The standard InChI is InChI=1S/C21H16F3N5S/c22-21(23,24)20-27-18(15-7-10-30-14-15)11-19(28-20)29(12-16-5-1-3-8-25-16)13-17-6-2-4-9-26-17/h1-11,14H,12-13H2. The summed E-state index contributed by atoms with van der Waals surface area (Å²) in [5, 5.41) is 3.55. The van der Waals surface area contributed by atoms with Gasteiger partial charge in [-0.05, 0) is 35.7 Å². The molecule has 0 aliphatic rings. The van der Waals surface area contributed by atoms with E-state index < -0.39 is 12.0 Å². The Morgan fingerprint density at radius 3 is 2.03 bits per heavy atom. The molecule has 0 saturated carbocycles. The van der Waals surface area contributed by atoms with E-state index in [9.17, 15) is 13.2 Å². The first-order chi connectivity index (χ1) is 14.5. The molecule has 0 aliphatic heterocycles. The molecule has 0 aliphatic carbocycles. The second kappa shape index (κ2) is 8.58. The molecule has 0 radical (unpaired) electrons. The molecule has 4 rings (SSSR count). The molecule has 0 aromatic carbocycles. The van der Waals surface area contributed by atoms with Crippen LogP contribution in [0.1, 0.15) is 17.2 Å². The van der Waals surface area contributed by atoms with Crippen LogP contribution in [0, 0.1) is 0 Å². The molecule has 0 spiro atoms. The molecule has 0 fully saturated rings. The number of hydrogen-bond acceptors (Lipinski definition) is 6. The molecule has 0 N–H and O–H groups in total. The van der Waals surface area contributed by atoms with Crippen LogP contribution in [-0.4, -0.2) is 19.9 Å². The van der Waals surface area contributed by atoms with Crippen LogP contribution in [0.5, 0.6) is 0 Å². The summed E-state index contributed by atoms with van der Waals surface area (Å²) >= 11 is 1.39. The zero-order valence-electron chi connectivity index (χ0n) is 15.6. The van der Waals surface area contributed by atoms with Gasteiger partial charge in [0.1, 0.15) is 5.82 Å². The van der Waals surface area contributed by atoms with Gasteiger partial charge >= 0.3 is 6.18 Å². The van der Waals surface area contributed by atoms with Gasteiger partial charge in [0.05, 0.1) is 30.2 Å². The Morgan fingerprint density at radius 1 is 0.867 bits per heavy atom. The third-order valence-corrected chi connectivity index (χ3v) is 4.95. The van der Waals surface area contributed by atoms with Gasteiger partial charge in [-0.3, -0.25) is 9.97 Å². The van der Waals surface area contributed by atoms with Gasteiger partial charge in [-0.2, -0.15) is 24.5 Å². The van der Waals surface area contributed by atoms with Gasteiger partial charge in [-0.15, -0.1) is 0 Å². The fraction of sp³-hybridized carbons (Fsp3) is 0.143. The Hall–Kier alpha value is -3.33. The minimum Gasteiger partial charge on any atom is -0.345 e. The molecule has 0 saturated heterocycles. The second-order valence-electron chi connectivity index (χ2n) is 6.44. The van der Waals surface area contributed by atoms with Crippen LogP contribution in [0.3, 0.4) is 0 Å². The summed E-state index contributed by atoms with van der Waals surface area (Å²) in [7, 11) is 0. The van der Waals surface area contributed by atoms with Crippen molar-refractivity contribution >= 4 is 17.2 Å². The number of rotatable bonds is 6. The highest BCUT2D eigenvalue weighted by atomic mass is 32.1. The van der Waals surface area contributed by atoms with Crippen molar-refractivity contribution in [1.29, 1.82) is 0 Å². The van der Waals surface area contributed by atoms with Gasteiger partial charge in [0, 0.05) is 29.4 Å². The molecule has 0 unspecified atom stereocenters. The molecule has 9 heteroatoms.